The Labute approximate surface area is 114 Å². The number of benzene rings is 1. The molecule has 0 radical (unpaired) electrons. The Balaban J connectivity index is 3.11. The van der Waals surface area contributed by atoms with Gasteiger partial charge in [0.1, 0.15) is 4.90 Å². The van der Waals surface area contributed by atoms with Crippen molar-refractivity contribution in [2.75, 3.05) is 5.73 Å². The zero-order valence-corrected chi connectivity index (χ0v) is 12.4. The minimum atomic E-state index is -3.66. The van der Waals surface area contributed by atoms with Crippen LogP contribution in [0.15, 0.2) is 23.1 Å². The molecule has 4 nitrogen and oxygen atoms in total. The molecule has 1 aromatic carbocycles. The summed E-state index contributed by atoms with van der Waals surface area (Å²) in [6.07, 6.45) is 1.63. The van der Waals surface area contributed by atoms with Gasteiger partial charge >= 0.3 is 0 Å². The maximum atomic E-state index is 12.2. The summed E-state index contributed by atoms with van der Waals surface area (Å²) in [6, 6.07) is 4.42. The molecule has 1 rings (SSSR count). The second kappa shape index (κ2) is 5.47. The Morgan fingerprint density at radius 2 is 2.00 bits per heavy atom. The second-order valence-electron chi connectivity index (χ2n) is 4.93. The van der Waals surface area contributed by atoms with E-state index in [0.717, 1.165) is 12.8 Å². The van der Waals surface area contributed by atoms with Crippen molar-refractivity contribution >= 4 is 27.3 Å². The quantitative estimate of drug-likeness (QED) is 0.819. The lowest BCUT2D eigenvalue weighted by Crippen LogP contribution is -2.43. The summed E-state index contributed by atoms with van der Waals surface area (Å²) < 4.78 is 27.1. The Bertz CT molecular complexity index is 527. The van der Waals surface area contributed by atoms with Crippen LogP contribution in [0.3, 0.4) is 0 Å². The van der Waals surface area contributed by atoms with Gasteiger partial charge < -0.3 is 5.73 Å². The minimum Gasteiger partial charge on any atom is -0.399 e. The predicted molar refractivity (Wildman–Crippen MR) is 75.2 cm³/mol. The molecular weight excluding hydrogens is 272 g/mol. The highest BCUT2D eigenvalue weighted by Gasteiger charge is 2.27. The predicted octanol–water partition coefficient (Wildman–Crippen LogP) is 2.78. The number of sulfonamides is 1. The molecule has 0 saturated heterocycles. The zero-order chi connectivity index (χ0) is 14.0. The SMILES string of the molecule is CCCC(C)(C)NS(=O)(=O)c1cc(N)ccc1Cl. The average molecular weight is 291 g/mol. The molecule has 0 aliphatic rings. The maximum absolute atomic E-state index is 12.2. The summed E-state index contributed by atoms with van der Waals surface area (Å²) in [5, 5.41) is 0.170. The van der Waals surface area contributed by atoms with Crippen LogP contribution in [-0.4, -0.2) is 14.0 Å². The van der Waals surface area contributed by atoms with E-state index in [4.69, 9.17) is 17.3 Å². The number of hydrogen-bond acceptors (Lipinski definition) is 3. The highest BCUT2D eigenvalue weighted by molar-refractivity contribution is 7.89. The first kappa shape index (κ1) is 15.3. The Hall–Kier alpha value is -0.780. The molecule has 0 bridgehead atoms. The normalized spacial score (nSPS) is 12.7. The molecule has 0 aliphatic heterocycles. The molecule has 0 fully saturated rings. The molecule has 1 aromatic rings. The highest BCUT2D eigenvalue weighted by atomic mass is 35.5. The fourth-order valence-electron chi connectivity index (χ4n) is 1.82. The van der Waals surface area contributed by atoms with Gasteiger partial charge in [-0.05, 0) is 38.5 Å². The van der Waals surface area contributed by atoms with E-state index in [1.807, 2.05) is 20.8 Å². The van der Waals surface area contributed by atoms with Gasteiger partial charge in [0.05, 0.1) is 5.02 Å². The maximum Gasteiger partial charge on any atom is 0.242 e. The number of hydrogen-bond donors (Lipinski definition) is 2. The second-order valence-corrected chi connectivity index (χ2v) is 6.99. The van der Waals surface area contributed by atoms with Crippen molar-refractivity contribution in [3.8, 4) is 0 Å². The van der Waals surface area contributed by atoms with E-state index in [-0.39, 0.29) is 9.92 Å². The lowest BCUT2D eigenvalue weighted by Gasteiger charge is -2.25. The van der Waals surface area contributed by atoms with Gasteiger partial charge in [-0.2, -0.15) is 0 Å². The van der Waals surface area contributed by atoms with Crippen LogP contribution in [0.1, 0.15) is 33.6 Å². The Morgan fingerprint density at radius 3 is 2.56 bits per heavy atom. The minimum absolute atomic E-state index is 0.0216. The largest absolute Gasteiger partial charge is 0.399 e. The standard InChI is InChI=1S/C12H19ClN2O2S/c1-4-7-12(2,3)15-18(16,17)11-8-9(14)5-6-10(11)13/h5-6,8,15H,4,7,14H2,1-3H3. The average Bonchev–Trinajstić information content (AvgIpc) is 2.19. The van der Waals surface area contributed by atoms with Gasteiger partial charge in [0.15, 0.2) is 0 Å². The molecule has 0 saturated carbocycles. The van der Waals surface area contributed by atoms with Crippen molar-refractivity contribution < 1.29 is 8.42 Å². The first-order chi connectivity index (χ1) is 8.18. The lowest BCUT2D eigenvalue weighted by molar-refractivity contribution is 0.418. The summed E-state index contributed by atoms with van der Waals surface area (Å²) in [5.41, 5.74) is 5.45. The third-order valence-corrected chi connectivity index (χ3v) is 4.71. The van der Waals surface area contributed by atoms with E-state index in [0.29, 0.717) is 5.69 Å². The number of nitrogens with two attached hydrogens (primary N) is 1. The van der Waals surface area contributed by atoms with Crippen LogP contribution >= 0.6 is 11.6 Å². The summed E-state index contributed by atoms with van der Waals surface area (Å²) >= 11 is 5.91. The van der Waals surface area contributed by atoms with Crippen LogP contribution in [-0.2, 0) is 10.0 Å². The van der Waals surface area contributed by atoms with Crippen molar-refractivity contribution in [1.29, 1.82) is 0 Å². The van der Waals surface area contributed by atoms with E-state index in [2.05, 4.69) is 4.72 Å². The summed E-state index contributed by atoms with van der Waals surface area (Å²) in [5.74, 6) is 0. The Kier molecular flexibility index (Phi) is 4.64. The topological polar surface area (TPSA) is 72.2 Å². The summed E-state index contributed by atoms with van der Waals surface area (Å²) in [4.78, 5) is 0.0216. The monoisotopic (exact) mass is 290 g/mol. The highest BCUT2D eigenvalue weighted by Crippen LogP contribution is 2.25. The molecule has 102 valence electrons. The molecule has 0 heterocycles. The zero-order valence-electron chi connectivity index (χ0n) is 10.8. The summed E-state index contributed by atoms with van der Waals surface area (Å²) in [7, 11) is -3.66. The molecule has 0 spiro atoms. The molecule has 18 heavy (non-hydrogen) atoms. The first-order valence-electron chi connectivity index (χ1n) is 5.77. The van der Waals surface area contributed by atoms with Gasteiger partial charge in [0.25, 0.3) is 0 Å². The molecule has 0 unspecified atom stereocenters. The van der Waals surface area contributed by atoms with Gasteiger partial charge in [-0.25, -0.2) is 13.1 Å². The lowest BCUT2D eigenvalue weighted by atomic mass is 10.0. The molecule has 0 aliphatic carbocycles. The van der Waals surface area contributed by atoms with Gasteiger partial charge in [0, 0.05) is 11.2 Å². The fraction of sp³-hybridized carbons (Fsp3) is 0.500. The molecular formula is C12H19ClN2O2S. The molecule has 0 atom stereocenters. The molecule has 0 aromatic heterocycles. The molecule has 3 N–H and O–H groups in total. The van der Waals surface area contributed by atoms with Gasteiger partial charge in [0.2, 0.25) is 10.0 Å². The van der Waals surface area contributed by atoms with Crippen LogP contribution in [0.4, 0.5) is 5.69 Å². The number of nitrogen functional groups attached to an aromatic ring is 1. The number of nitrogens with one attached hydrogen (secondary N) is 1. The Morgan fingerprint density at radius 1 is 1.39 bits per heavy atom. The molecule has 6 heteroatoms. The third-order valence-electron chi connectivity index (χ3n) is 2.53. The smallest absolute Gasteiger partial charge is 0.242 e. The number of rotatable bonds is 5. The van der Waals surface area contributed by atoms with E-state index in [9.17, 15) is 8.42 Å². The van der Waals surface area contributed by atoms with Gasteiger partial charge in [-0.1, -0.05) is 24.9 Å². The van der Waals surface area contributed by atoms with E-state index in [1.165, 1.54) is 12.1 Å². The van der Waals surface area contributed by atoms with E-state index >= 15 is 0 Å². The van der Waals surface area contributed by atoms with Crippen molar-refractivity contribution in [3.63, 3.8) is 0 Å². The number of halogens is 1. The van der Waals surface area contributed by atoms with Crippen LogP contribution in [0.25, 0.3) is 0 Å². The summed E-state index contributed by atoms with van der Waals surface area (Å²) in [6.45, 7) is 5.69. The molecule has 0 amide bonds. The van der Waals surface area contributed by atoms with Crippen molar-refractivity contribution in [2.24, 2.45) is 0 Å². The van der Waals surface area contributed by atoms with Crippen molar-refractivity contribution in [3.05, 3.63) is 23.2 Å². The van der Waals surface area contributed by atoms with Gasteiger partial charge in [-0.15, -0.1) is 0 Å². The fourth-order valence-corrected chi connectivity index (χ4v) is 3.80. The third kappa shape index (κ3) is 3.86. The first-order valence-corrected chi connectivity index (χ1v) is 7.63. The van der Waals surface area contributed by atoms with E-state index in [1.54, 1.807) is 6.07 Å². The van der Waals surface area contributed by atoms with Gasteiger partial charge in [-0.3, -0.25) is 0 Å². The van der Waals surface area contributed by atoms with Crippen molar-refractivity contribution in [2.45, 2.75) is 44.0 Å². The number of anilines is 1. The van der Waals surface area contributed by atoms with Crippen LogP contribution < -0.4 is 10.5 Å². The van der Waals surface area contributed by atoms with Crippen LogP contribution in [0.2, 0.25) is 5.02 Å². The van der Waals surface area contributed by atoms with E-state index < -0.39 is 15.6 Å². The van der Waals surface area contributed by atoms with Crippen LogP contribution in [0.5, 0.6) is 0 Å². The van der Waals surface area contributed by atoms with Crippen LogP contribution in [0, 0.1) is 0 Å². The van der Waals surface area contributed by atoms with Crippen molar-refractivity contribution in [1.82, 2.24) is 4.72 Å².